The topological polar surface area (TPSA) is 69.0 Å². The van der Waals surface area contributed by atoms with E-state index in [-0.39, 0.29) is 11.3 Å². The summed E-state index contributed by atoms with van der Waals surface area (Å²) in [5.74, 6) is 0.135. The molecule has 1 rings (SSSR count). The summed E-state index contributed by atoms with van der Waals surface area (Å²) in [7, 11) is 0. The third kappa shape index (κ3) is 6.58. The molecule has 1 aromatic heterocycles. The van der Waals surface area contributed by atoms with Gasteiger partial charge in [-0.05, 0) is 12.8 Å². The summed E-state index contributed by atoms with van der Waals surface area (Å²) in [6, 6.07) is 0. The first kappa shape index (κ1) is 16.0. The van der Waals surface area contributed by atoms with Crippen molar-refractivity contribution in [1.82, 2.24) is 20.3 Å². The van der Waals surface area contributed by atoms with E-state index in [1.165, 1.54) is 0 Å². The maximum Gasteiger partial charge on any atom is 0.307 e. The number of carbonyl (C=O) groups is 1. The van der Waals surface area contributed by atoms with Crippen molar-refractivity contribution < 1.29 is 9.53 Å². The lowest BCUT2D eigenvalue weighted by Crippen LogP contribution is -2.24. The Morgan fingerprint density at radius 2 is 2.26 bits per heavy atom. The van der Waals surface area contributed by atoms with E-state index in [0.29, 0.717) is 32.0 Å². The molecule has 0 aliphatic carbocycles. The van der Waals surface area contributed by atoms with Gasteiger partial charge in [-0.15, -0.1) is 5.10 Å². The Morgan fingerprint density at radius 1 is 1.53 bits per heavy atom. The quantitative estimate of drug-likeness (QED) is 0.427. The van der Waals surface area contributed by atoms with Crippen LogP contribution in [-0.2, 0) is 16.1 Å². The van der Waals surface area contributed by atoms with Crippen LogP contribution in [0.25, 0.3) is 0 Å². The molecule has 0 fully saturated rings. The molecule has 1 aromatic rings. The molecule has 0 bridgehead atoms. The molecule has 6 nitrogen and oxygen atoms in total. The Balaban J connectivity index is 2.17. The maximum absolute atomic E-state index is 11.4. The van der Waals surface area contributed by atoms with E-state index in [9.17, 15) is 4.79 Å². The van der Waals surface area contributed by atoms with Gasteiger partial charge in [0, 0.05) is 18.1 Å². The van der Waals surface area contributed by atoms with E-state index in [1.54, 1.807) is 4.68 Å². The molecular formula is C12H22N4O2S. The first-order valence-corrected chi connectivity index (χ1v) is 6.97. The van der Waals surface area contributed by atoms with Crippen molar-refractivity contribution in [2.24, 2.45) is 0 Å². The van der Waals surface area contributed by atoms with Crippen LogP contribution in [0.15, 0.2) is 6.20 Å². The molecular weight excluding hydrogens is 264 g/mol. The van der Waals surface area contributed by atoms with E-state index in [2.05, 4.69) is 42.1 Å². The second-order valence-corrected chi connectivity index (χ2v) is 5.44. The number of esters is 1. The molecule has 0 aliphatic heterocycles. The fourth-order valence-corrected chi connectivity index (χ4v) is 1.52. The Bertz CT molecular complexity index is 393. The number of thiol groups is 1. The van der Waals surface area contributed by atoms with Gasteiger partial charge in [0.05, 0.1) is 18.7 Å². The van der Waals surface area contributed by atoms with Crippen LogP contribution in [0.4, 0.5) is 0 Å². The number of ether oxygens (including phenoxy) is 1. The summed E-state index contributed by atoms with van der Waals surface area (Å²) in [5, 5.41) is 11.1. The smallest absolute Gasteiger partial charge is 0.307 e. The van der Waals surface area contributed by atoms with Gasteiger partial charge in [-0.3, -0.25) is 4.79 Å². The summed E-state index contributed by atoms with van der Waals surface area (Å²) in [6.45, 7) is 7.45. The highest BCUT2D eigenvalue weighted by Gasteiger charge is 2.06. The van der Waals surface area contributed by atoms with E-state index in [4.69, 9.17) is 4.74 Å². The van der Waals surface area contributed by atoms with Crippen LogP contribution >= 0.6 is 12.6 Å². The number of aromatic nitrogens is 3. The lowest BCUT2D eigenvalue weighted by molar-refractivity contribution is -0.143. The zero-order valence-electron chi connectivity index (χ0n) is 11.7. The second-order valence-electron chi connectivity index (χ2n) is 4.66. The molecule has 1 N–H and O–H groups in total. The van der Waals surface area contributed by atoms with Crippen molar-refractivity contribution in [3.8, 4) is 0 Å². The van der Waals surface area contributed by atoms with Gasteiger partial charge in [-0.25, -0.2) is 4.68 Å². The van der Waals surface area contributed by atoms with Gasteiger partial charge in [0.25, 0.3) is 0 Å². The van der Waals surface area contributed by atoms with Gasteiger partial charge in [0.1, 0.15) is 6.61 Å². The van der Waals surface area contributed by atoms with E-state index < -0.39 is 0 Å². The Hall–Kier alpha value is -1.08. The highest BCUT2D eigenvalue weighted by atomic mass is 32.1. The normalized spacial score (nSPS) is 12.7. The Kier molecular flexibility index (Phi) is 6.86. The minimum absolute atomic E-state index is 0.0809. The Morgan fingerprint density at radius 3 is 2.84 bits per heavy atom. The third-order valence-corrected chi connectivity index (χ3v) is 2.68. The number of nitrogens with zero attached hydrogens (tertiary/aromatic N) is 3. The fraction of sp³-hybridized carbons (Fsp3) is 0.750. The van der Waals surface area contributed by atoms with Crippen LogP contribution in [0.2, 0.25) is 0 Å². The van der Waals surface area contributed by atoms with Crippen molar-refractivity contribution in [3.05, 3.63) is 11.9 Å². The largest absolute Gasteiger partial charge is 0.464 e. The van der Waals surface area contributed by atoms with Crippen LogP contribution in [0.5, 0.6) is 0 Å². The summed E-state index contributed by atoms with van der Waals surface area (Å²) in [5.41, 5.74) is 0.943. The molecule has 0 aliphatic rings. The van der Waals surface area contributed by atoms with E-state index >= 15 is 0 Å². The SMILES string of the molecule is CC(S)NCCC(=O)OCCn1cc(C(C)C)nn1. The highest BCUT2D eigenvalue weighted by molar-refractivity contribution is 7.80. The molecule has 0 saturated carbocycles. The molecule has 19 heavy (non-hydrogen) atoms. The summed E-state index contributed by atoms with van der Waals surface area (Å²) < 4.78 is 6.80. The molecule has 7 heteroatoms. The van der Waals surface area contributed by atoms with Gasteiger partial charge in [0.2, 0.25) is 0 Å². The van der Waals surface area contributed by atoms with Crippen LogP contribution in [0.3, 0.4) is 0 Å². The fourth-order valence-electron chi connectivity index (χ4n) is 1.40. The lowest BCUT2D eigenvalue weighted by atomic mass is 10.2. The third-order valence-electron chi connectivity index (χ3n) is 2.50. The standard InChI is InChI=1S/C12H22N4O2S/c1-9(2)11-8-16(15-14-11)6-7-18-12(17)4-5-13-10(3)19/h8-10,13,19H,4-7H2,1-3H3. The molecule has 108 valence electrons. The van der Waals surface area contributed by atoms with Crippen molar-refractivity contribution in [1.29, 1.82) is 0 Å². The minimum atomic E-state index is -0.217. The first-order valence-electron chi connectivity index (χ1n) is 6.46. The van der Waals surface area contributed by atoms with Crippen LogP contribution in [-0.4, -0.2) is 39.5 Å². The van der Waals surface area contributed by atoms with Crippen molar-refractivity contribution in [3.63, 3.8) is 0 Å². The predicted molar refractivity (Wildman–Crippen MR) is 76.1 cm³/mol. The van der Waals surface area contributed by atoms with Gasteiger partial charge in [0.15, 0.2) is 0 Å². The minimum Gasteiger partial charge on any atom is -0.464 e. The van der Waals surface area contributed by atoms with Gasteiger partial charge in [-0.1, -0.05) is 19.1 Å². The second kappa shape index (κ2) is 8.16. The molecule has 0 saturated heterocycles. The molecule has 1 atom stereocenters. The summed E-state index contributed by atoms with van der Waals surface area (Å²) >= 11 is 4.16. The monoisotopic (exact) mass is 286 g/mol. The summed E-state index contributed by atoms with van der Waals surface area (Å²) in [6.07, 6.45) is 2.22. The van der Waals surface area contributed by atoms with Crippen LogP contribution in [0.1, 0.15) is 38.8 Å². The molecule has 0 aromatic carbocycles. The molecule has 0 radical (unpaired) electrons. The number of hydrogen-bond acceptors (Lipinski definition) is 6. The van der Waals surface area contributed by atoms with Crippen molar-refractivity contribution >= 4 is 18.6 Å². The number of carbonyl (C=O) groups excluding carboxylic acids is 1. The average Bonchev–Trinajstić information content (AvgIpc) is 2.77. The molecule has 1 heterocycles. The van der Waals surface area contributed by atoms with Gasteiger partial charge < -0.3 is 10.1 Å². The highest BCUT2D eigenvalue weighted by Crippen LogP contribution is 2.08. The number of nitrogens with one attached hydrogen (secondary N) is 1. The summed E-state index contributed by atoms with van der Waals surface area (Å²) in [4.78, 5) is 11.4. The molecule has 0 spiro atoms. The van der Waals surface area contributed by atoms with Crippen molar-refractivity contribution in [2.75, 3.05) is 13.2 Å². The number of rotatable bonds is 8. The molecule has 0 amide bonds. The Labute approximate surface area is 119 Å². The van der Waals surface area contributed by atoms with E-state index in [1.807, 2.05) is 13.1 Å². The van der Waals surface area contributed by atoms with Crippen molar-refractivity contribution in [2.45, 2.75) is 45.0 Å². The zero-order chi connectivity index (χ0) is 14.3. The molecule has 1 unspecified atom stereocenters. The van der Waals surface area contributed by atoms with Crippen LogP contribution in [0, 0.1) is 0 Å². The lowest BCUT2D eigenvalue weighted by Gasteiger charge is -2.07. The first-order chi connectivity index (χ1) is 8.99. The predicted octanol–water partition coefficient (Wildman–Crippen LogP) is 1.20. The van der Waals surface area contributed by atoms with E-state index in [0.717, 1.165) is 5.69 Å². The van der Waals surface area contributed by atoms with Crippen LogP contribution < -0.4 is 5.32 Å². The average molecular weight is 286 g/mol. The number of hydrogen-bond donors (Lipinski definition) is 2. The zero-order valence-corrected chi connectivity index (χ0v) is 12.6. The van der Waals surface area contributed by atoms with Gasteiger partial charge in [-0.2, -0.15) is 12.6 Å². The maximum atomic E-state index is 11.4. The van der Waals surface area contributed by atoms with Gasteiger partial charge >= 0.3 is 5.97 Å².